The van der Waals surface area contributed by atoms with Gasteiger partial charge in [0.15, 0.2) is 5.13 Å². The molecule has 31 heavy (non-hydrogen) atoms. The van der Waals surface area contributed by atoms with Crippen LogP contribution >= 0.6 is 11.3 Å². The van der Waals surface area contributed by atoms with Gasteiger partial charge in [0, 0.05) is 35.8 Å². The normalized spacial score (nSPS) is 19.4. The fraction of sp³-hybridized carbons (Fsp3) is 0.400. The van der Waals surface area contributed by atoms with Crippen LogP contribution in [0, 0.1) is 13.8 Å². The molecule has 0 saturated carbocycles. The Labute approximate surface area is 189 Å². The number of piperidine rings is 1. The summed E-state index contributed by atoms with van der Waals surface area (Å²) in [5.74, 6) is 0.912. The molecule has 3 aromatic rings. The zero-order valence-electron chi connectivity index (χ0n) is 18.8. The smallest absolute Gasteiger partial charge is 0.190 e. The zero-order chi connectivity index (χ0) is 22.0. The Kier molecular flexibility index (Phi) is 6.60. The summed E-state index contributed by atoms with van der Waals surface area (Å²) in [6, 6.07) is 17.4. The maximum absolute atomic E-state index is 6.61. The largest absolute Gasteiger partial charge is 0.496 e. The van der Waals surface area contributed by atoms with Gasteiger partial charge in [-0.2, -0.15) is 0 Å². The lowest BCUT2D eigenvalue weighted by Gasteiger charge is -2.40. The number of benzene rings is 2. The second kappa shape index (κ2) is 9.39. The summed E-state index contributed by atoms with van der Waals surface area (Å²) in [5, 5.41) is 1.01. The number of aromatic nitrogens is 1. The van der Waals surface area contributed by atoms with Crippen LogP contribution in [0.3, 0.4) is 0 Å². The van der Waals surface area contributed by atoms with Crippen molar-refractivity contribution < 1.29 is 4.74 Å². The van der Waals surface area contributed by atoms with Crippen molar-refractivity contribution in [1.29, 1.82) is 0 Å². The second-order valence-electron chi connectivity index (χ2n) is 8.33. The topological polar surface area (TPSA) is 54.6 Å². The third-order valence-corrected chi connectivity index (χ3v) is 7.40. The lowest BCUT2D eigenvalue weighted by atomic mass is 9.90. The molecule has 0 amide bonds. The van der Waals surface area contributed by atoms with Crippen LogP contribution in [0.4, 0.5) is 10.8 Å². The van der Waals surface area contributed by atoms with Gasteiger partial charge in [-0.05, 0) is 57.0 Å². The molecular formula is C25H32N4OS. The molecule has 164 valence electrons. The Bertz CT molecular complexity index is 1000. The zero-order valence-corrected chi connectivity index (χ0v) is 19.7. The van der Waals surface area contributed by atoms with Crippen molar-refractivity contribution in [2.24, 2.45) is 5.73 Å². The number of likely N-dealkylation sites (tertiary alicyclic amines) is 1. The van der Waals surface area contributed by atoms with Gasteiger partial charge in [0.05, 0.1) is 18.8 Å². The molecule has 0 radical (unpaired) electrons. The Morgan fingerprint density at radius 3 is 2.65 bits per heavy atom. The molecule has 1 aliphatic rings. The lowest BCUT2D eigenvalue weighted by Crippen LogP contribution is -2.45. The number of rotatable bonds is 6. The number of nitrogens with zero attached hydrogens (tertiary/aromatic N) is 3. The van der Waals surface area contributed by atoms with Crippen LogP contribution in [-0.4, -0.2) is 36.6 Å². The quantitative estimate of drug-likeness (QED) is 0.575. The summed E-state index contributed by atoms with van der Waals surface area (Å²) in [6.45, 7) is 6.01. The van der Waals surface area contributed by atoms with E-state index in [1.165, 1.54) is 16.0 Å². The average molecular weight is 437 g/mol. The minimum Gasteiger partial charge on any atom is -0.496 e. The van der Waals surface area contributed by atoms with Crippen molar-refractivity contribution in [2.75, 3.05) is 25.6 Å². The molecular weight excluding hydrogens is 404 g/mol. The third kappa shape index (κ3) is 4.61. The van der Waals surface area contributed by atoms with Gasteiger partial charge in [-0.15, -0.1) is 11.3 Å². The number of anilines is 2. The van der Waals surface area contributed by atoms with Gasteiger partial charge in [-0.3, -0.25) is 4.90 Å². The molecule has 2 N–H and O–H groups in total. The number of thiazole rings is 1. The van der Waals surface area contributed by atoms with E-state index in [1.54, 1.807) is 18.4 Å². The first-order chi connectivity index (χ1) is 15.0. The number of hydrogen-bond donors (Lipinski definition) is 1. The molecule has 1 saturated heterocycles. The molecule has 2 aromatic carbocycles. The van der Waals surface area contributed by atoms with Gasteiger partial charge in [0.1, 0.15) is 5.75 Å². The lowest BCUT2D eigenvalue weighted by molar-refractivity contribution is 0.119. The number of aryl methyl sites for hydroxylation is 2. The van der Waals surface area contributed by atoms with Gasteiger partial charge in [-0.25, -0.2) is 4.98 Å². The summed E-state index contributed by atoms with van der Waals surface area (Å²) in [5.41, 5.74) is 11.3. The summed E-state index contributed by atoms with van der Waals surface area (Å²) in [4.78, 5) is 10.6. The Morgan fingerprint density at radius 2 is 1.97 bits per heavy atom. The highest BCUT2D eigenvalue weighted by molar-refractivity contribution is 7.15. The van der Waals surface area contributed by atoms with Crippen molar-refractivity contribution in [3.8, 4) is 5.75 Å². The van der Waals surface area contributed by atoms with E-state index in [4.69, 9.17) is 15.5 Å². The summed E-state index contributed by atoms with van der Waals surface area (Å²) in [6.07, 6.45) is 2.17. The Morgan fingerprint density at radius 1 is 1.19 bits per heavy atom. The molecule has 2 unspecified atom stereocenters. The average Bonchev–Trinajstić information content (AvgIpc) is 3.12. The van der Waals surface area contributed by atoms with Gasteiger partial charge in [0.25, 0.3) is 0 Å². The van der Waals surface area contributed by atoms with Crippen LogP contribution < -0.4 is 15.4 Å². The number of methoxy groups -OCH3 is 1. The van der Waals surface area contributed by atoms with E-state index >= 15 is 0 Å². The van der Waals surface area contributed by atoms with E-state index in [1.807, 2.05) is 0 Å². The van der Waals surface area contributed by atoms with Crippen LogP contribution in [0.25, 0.3) is 0 Å². The molecule has 0 aliphatic carbocycles. The highest BCUT2D eigenvalue weighted by Gasteiger charge is 2.31. The van der Waals surface area contributed by atoms with Crippen molar-refractivity contribution in [3.05, 3.63) is 70.2 Å². The number of ether oxygens (including phenoxy) is 1. The standard InChI is InChI=1S/C25H32N4OS/c1-17-18(2)31-25(27-17)28(3)21-12-13-23(30-4)20(15-21)16-29-14-8-11-22(26)24(29)19-9-6-5-7-10-19/h5-7,9-10,12-13,15,22,24H,8,11,14,16,26H2,1-4H3. The molecule has 1 fully saturated rings. The van der Waals surface area contributed by atoms with Crippen LogP contribution in [0.15, 0.2) is 48.5 Å². The molecule has 4 rings (SSSR count). The second-order valence-corrected chi connectivity index (χ2v) is 9.51. The van der Waals surface area contributed by atoms with E-state index in [9.17, 15) is 0 Å². The fourth-order valence-electron chi connectivity index (χ4n) is 4.41. The van der Waals surface area contributed by atoms with E-state index in [0.717, 1.165) is 48.2 Å². The predicted octanol–water partition coefficient (Wildman–Crippen LogP) is 5.20. The molecule has 5 nitrogen and oxygen atoms in total. The van der Waals surface area contributed by atoms with Crippen LogP contribution in [0.5, 0.6) is 5.75 Å². The molecule has 0 spiro atoms. The van der Waals surface area contributed by atoms with E-state index in [2.05, 4.69) is 79.2 Å². The van der Waals surface area contributed by atoms with Crippen molar-refractivity contribution in [1.82, 2.24) is 9.88 Å². The van der Waals surface area contributed by atoms with E-state index in [-0.39, 0.29) is 12.1 Å². The minimum absolute atomic E-state index is 0.134. The first-order valence-electron chi connectivity index (χ1n) is 10.9. The summed E-state index contributed by atoms with van der Waals surface area (Å²) >= 11 is 1.72. The molecule has 2 atom stereocenters. The van der Waals surface area contributed by atoms with E-state index in [0.29, 0.717) is 0 Å². The van der Waals surface area contributed by atoms with Gasteiger partial charge >= 0.3 is 0 Å². The van der Waals surface area contributed by atoms with Crippen molar-refractivity contribution >= 4 is 22.2 Å². The van der Waals surface area contributed by atoms with Crippen molar-refractivity contribution in [2.45, 2.75) is 45.3 Å². The minimum atomic E-state index is 0.134. The Balaban J connectivity index is 1.64. The highest BCUT2D eigenvalue weighted by Crippen LogP contribution is 2.36. The SMILES string of the molecule is COc1ccc(N(C)c2nc(C)c(C)s2)cc1CN1CCCC(N)C1c1ccccc1. The third-order valence-electron chi connectivity index (χ3n) is 6.25. The molecule has 1 aliphatic heterocycles. The van der Waals surface area contributed by atoms with Crippen LogP contribution in [0.1, 0.15) is 40.6 Å². The molecule has 1 aromatic heterocycles. The maximum Gasteiger partial charge on any atom is 0.190 e. The maximum atomic E-state index is 6.61. The first kappa shape index (κ1) is 21.8. The highest BCUT2D eigenvalue weighted by atomic mass is 32.1. The molecule has 6 heteroatoms. The summed E-state index contributed by atoms with van der Waals surface area (Å²) in [7, 11) is 3.82. The molecule has 0 bridgehead atoms. The predicted molar refractivity (Wildman–Crippen MR) is 129 cm³/mol. The molecule has 2 heterocycles. The van der Waals surface area contributed by atoms with Crippen LogP contribution in [0.2, 0.25) is 0 Å². The van der Waals surface area contributed by atoms with E-state index < -0.39 is 0 Å². The summed E-state index contributed by atoms with van der Waals surface area (Å²) < 4.78 is 5.73. The van der Waals surface area contributed by atoms with Gasteiger partial charge in [0.2, 0.25) is 0 Å². The monoisotopic (exact) mass is 436 g/mol. The number of hydrogen-bond acceptors (Lipinski definition) is 6. The van der Waals surface area contributed by atoms with Gasteiger partial charge < -0.3 is 15.4 Å². The van der Waals surface area contributed by atoms with Crippen LogP contribution in [-0.2, 0) is 6.54 Å². The first-order valence-corrected chi connectivity index (χ1v) is 11.7. The fourth-order valence-corrected chi connectivity index (χ4v) is 5.30. The Hall–Kier alpha value is -2.41. The number of nitrogens with two attached hydrogens (primary N) is 1. The van der Waals surface area contributed by atoms with Gasteiger partial charge in [-0.1, -0.05) is 30.3 Å². The van der Waals surface area contributed by atoms with Crippen molar-refractivity contribution in [3.63, 3.8) is 0 Å².